The molecular weight excluding hydrogens is 220 g/mol. The summed E-state index contributed by atoms with van der Waals surface area (Å²) in [5, 5.41) is 7.00. The lowest BCUT2D eigenvalue weighted by Gasteiger charge is -2.24. The Hall–Kier alpha value is -1.96. The fraction of sp³-hybridized carbons (Fsp3) is 0.250. The van der Waals surface area contributed by atoms with Gasteiger partial charge in [-0.3, -0.25) is 0 Å². The summed E-state index contributed by atoms with van der Waals surface area (Å²) >= 11 is 0. The molecule has 2 atom stereocenters. The third-order valence-electron chi connectivity index (χ3n) is 3.09. The van der Waals surface area contributed by atoms with Gasteiger partial charge in [-0.2, -0.15) is 0 Å². The van der Waals surface area contributed by atoms with Crippen LogP contribution < -0.4 is 10.6 Å². The molecule has 2 heteroatoms. The lowest BCUT2D eigenvalue weighted by molar-refractivity contribution is 0.677. The first-order valence-corrected chi connectivity index (χ1v) is 6.39. The monoisotopic (exact) mass is 240 g/mol. The van der Waals surface area contributed by atoms with Gasteiger partial charge in [0.2, 0.25) is 0 Å². The van der Waals surface area contributed by atoms with E-state index in [-0.39, 0.29) is 0 Å². The van der Waals surface area contributed by atoms with E-state index in [1.165, 1.54) is 0 Å². The van der Waals surface area contributed by atoms with E-state index in [4.69, 9.17) is 0 Å². The molecule has 2 aromatic carbocycles. The third kappa shape index (κ3) is 3.52. The number of nitrogens with one attached hydrogen (secondary N) is 2. The van der Waals surface area contributed by atoms with Gasteiger partial charge in [0.05, 0.1) is 0 Å². The maximum atomic E-state index is 3.50. The molecule has 0 aliphatic carbocycles. The second-order valence-corrected chi connectivity index (χ2v) is 4.60. The first-order chi connectivity index (χ1) is 8.75. The zero-order chi connectivity index (χ0) is 12.8. The first kappa shape index (κ1) is 12.5. The van der Waals surface area contributed by atoms with Crippen molar-refractivity contribution in [2.45, 2.75) is 25.9 Å². The van der Waals surface area contributed by atoms with Crippen LogP contribution in [-0.4, -0.2) is 12.1 Å². The molecule has 0 unspecified atom stereocenters. The highest BCUT2D eigenvalue weighted by Crippen LogP contribution is 2.12. The molecular formula is C16H20N2. The van der Waals surface area contributed by atoms with Gasteiger partial charge in [-0.25, -0.2) is 0 Å². The van der Waals surface area contributed by atoms with E-state index in [0.717, 1.165) is 11.4 Å². The van der Waals surface area contributed by atoms with Crippen LogP contribution in [0.25, 0.3) is 0 Å². The summed E-state index contributed by atoms with van der Waals surface area (Å²) in [6.45, 7) is 4.38. The van der Waals surface area contributed by atoms with E-state index in [1.54, 1.807) is 0 Å². The van der Waals surface area contributed by atoms with Gasteiger partial charge < -0.3 is 10.6 Å². The van der Waals surface area contributed by atoms with Crippen LogP contribution in [0.1, 0.15) is 13.8 Å². The SMILES string of the molecule is C[C@@H](Nc1ccccc1)[C@@H](C)Nc1ccccc1. The first-order valence-electron chi connectivity index (χ1n) is 6.39. The average molecular weight is 240 g/mol. The Bertz CT molecular complexity index is 408. The minimum absolute atomic E-state index is 0.354. The van der Waals surface area contributed by atoms with Gasteiger partial charge >= 0.3 is 0 Å². The van der Waals surface area contributed by atoms with Gasteiger partial charge in [0, 0.05) is 23.5 Å². The zero-order valence-electron chi connectivity index (χ0n) is 10.9. The van der Waals surface area contributed by atoms with Crippen LogP contribution >= 0.6 is 0 Å². The largest absolute Gasteiger partial charge is 0.381 e. The van der Waals surface area contributed by atoms with E-state index in [0.29, 0.717) is 12.1 Å². The minimum Gasteiger partial charge on any atom is -0.381 e. The van der Waals surface area contributed by atoms with Gasteiger partial charge in [-0.15, -0.1) is 0 Å². The smallest absolute Gasteiger partial charge is 0.0431 e. The molecule has 0 aliphatic heterocycles. The predicted molar refractivity (Wildman–Crippen MR) is 79.1 cm³/mol. The Kier molecular flexibility index (Phi) is 4.24. The molecule has 2 aromatic rings. The van der Waals surface area contributed by atoms with E-state index >= 15 is 0 Å². The molecule has 94 valence electrons. The number of hydrogen-bond acceptors (Lipinski definition) is 2. The number of benzene rings is 2. The van der Waals surface area contributed by atoms with E-state index in [9.17, 15) is 0 Å². The molecule has 0 spiro atoms. The van der Waals surface area contributed by atoms with Crippen molar-refractivity contribution in [3.05, 3.63) is 60.7 Å². The molecule has 2 nitrogen and oxygen atoms in total. The Balaban J connectivity index is 1.91. The summed E-state index contributed by atoms with van der Waals surface area (Å²) in [7, 11) is 0. The molecule has 0 saturated carbocycles. The molecule has 0 aromatic heterocycles. The summed E-state index contributed by atoms with van der Waals surface area (Å²) in [5.41, 5.74) is 2.32. The lowest BCUT2D eigenvalue weighted by atomic mass is 10.1. The number of hydrogen-bond donors (Lipinski definition) is 2. The van der Waals surface area contributed by atoms with Crippen molar-refractivity contribution >= 4 is 11.4 Å². The lowest BCUT2D eigenvalue weighted by Crippen LogP contribution is -2.34. The molecule has 0 saturated heterocycles. The maximum absolute atomic E-state index is 3.50. The third-order valence-corrected chi connectivity index (χ3v) is 3.09. The molecule has 18 heavy (non-hydrogen) atoms. The minimum atomic E-state index is 0.354. The molecule has 0 bridgehead atoms. The van der Waals surface area contributed by atoms with Crippen molar-refractivity contribution in [3.63, 3.8) is 0 Å². The van der Waals surface area contributed by atoms with Crippen molar-refractivity contribution in [1.82, 2.24) is 0 Å². The zero-order valence-corrected chi connectivity index (χ0v) is 10.9. The highest BCUT2D eigenvalue weighted by molar-refractivity contribution is 5.46. The summed E-state index contributed by atoms with van der Waals surface area (Å²) in [5.74, 6) is 0. The number of anilines is 2. The Morgan fingerprint density at radius 1 is 0.611 bits per heavy atom. The van der Waals surface area contributed by atoms with Crippen LogP contribution in [-0.2, 0) is 0 Å². The van der Waals surface area contributed by atoms with Gasteiger partial charge in [0.1, 0.15) is 0 Å². The topological polar surface area (TPSA) is 24.1 Å². The van der Waals surface area contributed by atoms with Crippen LogP contribution in [0, 0.1) is 0 Å². The summed E-state index contributed by atoms with van der Waals surface area (Å²) in [4.78, 5) is 0. The maximum Gasteiger partial charge on any atom is 0.0431 e. The summed E-state index contributed by atoms with van der Waals surface area (Å²) < 4.78 is 0. The average Bonchev–Trinajstić information content (AvgIpc) is 2.41. The van der Waals surface area contributed by atoms with Crippen molar-refractivity contribution in [1.29, 1.82) is 0 Å². The summed E-state index contributed by atoms with van der Waals surface area (Å²) in [6, 6.07) is 21.3. The van der Waals surface area contributed by atoms with Gasteiger partial charge in [0.25, 0.3) is 0 Å². The Morgan fingerprint density at radius 3 is 1.28 bits per heavy atom. The number of rotatable bonds is 5. The van der Waals surface area contributed by atoms with Gasteiger partial charge in [0.15, 0.2) is 0 Å². The van der Waals surface area contributed by atoms with Gasteiger partial charge in [-0.1, -0.05) is 36.4 Å². The van der Waals surface area contributed by atoms with E-state index < -0.39 is 0 Å². The molecule has 0 radical (unpaired) electrons. The van der Waals surface area contributed by atoms with Crippen LogP contribution in [0.2, 0.25) is 0 Å². The quantitative estimate of drug-likeness (QED) is 0.825. The normalized spacial score (nSPS) is 13.7. The van der Waals surface area contributed by atoms with Crippen molar-refractivity contribution < 1.29 is 0 Å². The van der Waals surface area contributed by atoms with Crippen LogP contribution in [0.3, 0.4) is 0 Å². The second kappa shape index (κ2) is 6.10. The molecule has 0 fully saturated rings. The van der Waals surface area contributed by atoms with Crippen LogP contribution in [0.15, 0.2) is 60.7 Å². The Morgan fingerprint density at radius 2 is 0.944 bits per heavy atom. The predicted octanol–water partition coefficient (Wildman–Crippen LogP) is 3.99. The fourth-order valence-electron chi connectivity index (χ4n) is 1.84. The van der Waals surface area contributed by atoms with Crippen LogP contribution in [0.4, 0.5) is 11.4 Å². The highest BCUT2D eigenvalue weighted by atomic mass is 15.0. The van der Waals surface area contributed by atoms with E-state index in [1.807, 2.05) is 36.4 Å². The molecule has 0 heterocycles. The fourth-order valence-corrected chi connectivity index (χ4v) is 1.84. The molecule has 0 aliphatic rings. The molecule has 2 N–H and O–H groups in total. The second-order valence-electron chi connectivity index (χ2n) is 4.60. The van der Waals surface area contributed by atoms with E-state index in [2.05, 4.69) is 48.7 Å². The highest BCUT2D eigenvalue weighted by Gasteiger charge is 2.11. The van der Waals surface area contributed by atoms with Crippen molar-refractivity contribution in [3.8, 4) is 0 Å². The molecule has 0 amide bonds. The Labute approximate surface area is 109 Å². The van der Waals surface area contributed by atoms with Crippen molar-refractivity contribution in [2.24, 2.45) is 0 Å². The standard InChI is InChI=1S/C16H20N2/c1-13(17-15-9-5-3-6-10-15)14(2)18-16-11-7-4-8-12-16/h3-14,17-18H,1-2H3/t13-,14-/m1/s1. The summed E-state index contributed by atoms with van der Waals surface area (Å²) in [6.07, 6.45) is 0. The van der Waals surface area contributed by atoms with Gasteiger partial charge in [-0.05, 0) is 38.1 Å². The van der Waals surface area contributed by atoms with Crippen molar-refractivity contribution in [2.75, 3.05) is 10.6 Å². The van der Waals surface area contributed by atoms with Crippen LogP contribution in [0.5, 0.6) is 0 Å². The number of para-hydroxylation sites is 2. The molecule has 2 rings (SSSR count).